The van der Waals surface area contributed by atoms with Gasteiger partial charge in [-0.2, -0.15) is 5.10 Å². The standard InChI is InChI=1S/C19H18N4O3S2/c1-12-20-21-19(28-12)27-11-18(24)23-16(17-4-3-9-26-17)10-15(22-23)13-5-7-14(25-2)8-6-13/h3-9,16H,10-11H2,1-2H3/t16-/m0/s1. The van der Waals surface area contributed by atoms with Crippen molar-refractivity contribution < 1.29 is 13.9 Å². The summed E-state index contributed by atoms with van der Waals surface area (Å²) in [4.78, 5) is 12.9. The van der Waals surface area contributed by atoms with Crippen molar-refractivity contribution in [3.05, 3.63) is 59.0 Å². The van der Waals surface area contributed by atoms with Crippen LogP contribution in [0.1, 0.15) is 28.8 Å². The predicted molar refractivity (Wildman–Crippen MR) is 108 cm³/mol. The van der Waals surface area contributed by atoms with E-state index in [0.717, 1.165) is 32.1 Å². The lowest BCUT2D eigenvalue weighted by Gasteiger charge is -2.19. The summed E-state index contributed by atoms with van der Waals surface area (Å²) in [5, 5.41) is 15.1. The van der Waals surface area contributed by atoms with E-state index >= 15 is 0 Å². The quantitative estimate of drug-likeness (QED) is 0.569. The number of hydrogen-bond donors (Lipinski definition) is 0. The smallest absolute Gasteiger partial charge is 0.253 e. The van der Waals surface area contributed by atoms with Crippen molar-refractivity contribution >= 4 is 34.7 Å². The van der Waals surface area contributed by atoms with Crippen LogP contribution < -0.4 is 4.74 Å². The molecule has 7 nitrogen and oxygen atoms in total. The normalized spacial score (nSPS) is 16.3. The Hall–Kier alpha value is -2.65. The number of amides is 1. The molecule has 0 spiro atoms. The van der Waals surface area contributed by atoms with Crippen molar-refractivity contribution in [2.75, 3.05) is 12.9 Å². The van der Waals surface area contributed by atoms with Crippen molar-refractivity contribution in [2.24, 2.45) is 5.10 Å². The van der Waals surface area contributed by atoms with Crippen LogP contribution in [0.2, 0.25) is 0 Å². The second kappa shape index (κ2) is 8.15. The Morgan fingerprint density at radius 2 is 2.14 bits per heavy atom. The number of rotatable bonds is 6. The van der Waals surface area contributed by atoms with Crippen molar-refractivity contribution in [1.82, 2.24) is 15.2 Å². The number of furan rings is 1. The third-order valence-corrected chi connectivity index (χ3v) is 6.24. The molecule has 1 aromatic carbocycles. The molecule has 2 aromatic heterocycles. The number of thioether (sulfide) groups is 1. The number of aryl methyl sites for hydroxylation is 1. The van der Waals surface area contributed by atoms with Gasteiger partial charge >= 0.3 is 0 Å². The number of aromatic nitrogens is 2. The highest BCUT2D eigenvalue weighted by Crippen LogP contribution is 2.34. The zero-order valence-corrected chi connectivity index (χ0v) is 17.0. The van der Waals surface area contributed by atoms with Crippen molar-refractivity contribution in [1.29, 1.82) is 0 Å². The Morgan fingerprint density at radius 1 is 1.32 bits per heavy atom. The Balaban J connectivity index is 1.55. The lowest BCUT2D eigenvalue weighted by molar-refractivity contribution is -0.130. The molecule has 0 saturated carbocycles. The first-order chi connectivity index (χ1) is 13.6. The molecule has 0 unspecified atom stereocenters. The van der Waals surface area contributed by atoms with E-state index < -0.39 is 0 Å². The highest BCUT2D eigenvalue weighted by atomic mass is 32.2. The van der Waals surface area contributed by atoms with E-state index in [1.165, 1.54) is 28.1 Å². The maximum absolute atomic E-state index is 12.9. The maximum atomic E-state index is 12.9. The van der Waals surface area contributed by atoms with E-state index in [4.69, 9.17) is 9.15 Å². The minimum Gasteiger partial charge on any atom is -0.497 e. The first-order valence-electron chi connectivity index (χ1n) is 8.64. The van der Waals surface area contributed by atoms with Gasteiger partial charge in [0, 0.05) is 6.42 Å². The number of nitrogens with zero attached hydrogens (tertiary/aromatic N) is 4. The van der Waals surface area contributed by atoms with Gasteiger partial charge in [-0.3, -0.25) is 4.79 Å². The summed E-state index contributed by atoms with van der Waals surface area (Å²) in [7, 11) is 1.63. The zero-order valence-electron chi connectivity index (χ0n) is 15.4. The van der Waals surface area contributed by atoms with E-state index in [2.05, 4.69) is 15.3 Å². The third-order valence-electron chi connectivity index (χ3n) is 4.29. The van der Waals surface area contributed by atoms with Crippen LogP contribution in [0.5, 0.6) is 5.75 Å². The van der Waals surface area contributed by atoms with Gasteiger partial charge in [-0.15, -0.1) is 10.2 Å². The molecule has 0 bridgehead atoms. The second-order valence-corrected chi connectivity index (χ2v) is 8.53. The van der Waals surface area contributed by atoms with Crippen LogP contribution >= 0.6 is 23.1 Å². The Labute approximate surface area is 170 Å². The van der Waals surface area contributed by atoms with Crippen LogP contribution in [-0.4, -0.2) is 39.7 Å². The first-order valence-corrected chi connectivity index (χ1v) is 10.4. The molecule has 0 saturated heterocycles. The minimum absolute atomic E-state index is 0.0947. The molecule has 0 fully saturated rings. The van der Waals surface area contributed by atoms with E-state index in [9.17, 15) is 4.79 Å². The number of benzene rings is 1. The number of carbonyl (C=O) groups is 1. The monoisotopic (exact) mass is 414 g/mol. The van der Waals surface area contributed by atoms with Crippen molar-refractivity contribution in [2.45, 2.75) is 23.7 Å². The van der Waals surface area contributed by atoms with Crippen LogP contribution in [0, 0.1) is 6.92 Å². The number of hydrazone groups is 1. The molecule has 1 aliphatic heterocycles. The summed E-state index contributed by atoms with van der Waals surface area (Å²) in [6.07, 6.45) is 2.20. The van der Waals surface area contributed by atoms with Gasteiger partial charge in [-0.05, 0) is 48.9 Å². The van der Waals surface area contributed by atoms with Gasteiger partial charge in [0.25, 0.3) is 5.91 Å². The molecule has 1 atom stereocenters. The molecule has 3 heterocycles. The summed E-state index contributed by atoms with van der Waals surface area (Å²) in [5.41, 5.74) is 1.80. The fraction of sp³-hybridized carbons (Fsp3) is 0.263. The summed E-state index contributed by atoms with van der Waals surface area (Å²) in [6, 6.07) is 11.1. The predicted octanol–water partition coefficient (Wildman–Crippen LogP) is 3.92. The maximum Gasteiger partial charge on any atom is 0.253 e. The molecule has 1 amide bonds. The van der Waals surface area contributed by atoms with Crippen LogP contribution in [-0.2, 0) is 4.79 Å². The van der Waals surface area contributed by atoms with Crippen molar-refractivity contribution in [3.8, 4) is 5.75 Å². The van der Waals surface area contributed by atoms with Crippen LogP contribution in [0.4, 0.5) is 0 Å². The molecule has 4 rings (SSSR count). The number of methoxy groups -OCH3 is 1. The van der Waals surface area contributed by atoms with Gasteiger partial charge in [0.15, 0.2) is 4.34 Å². The van der Waals surface area contributed by atoms with Crippen LogP contribution in [0.25, 0.3) is 0 Å². The molecular formula is C19H18N4O3S2. The summed E-state index contributed by atoms with van der Waals surface area (Å²) >= 11 is 2.85. The van der Waals surface area contributed by atoms with Gasteiger partial charge in [0.05, 0.1) is 24.8 Å². The van der Waals surface area contributed by atoms with E-state index in [1.807, 2.05) is 43.3 Å². The minimum atomic E-state index is -0.253. The summed E-state index contributed by atoms with van der Waals surface area (Å²) in [6.45, 7) is 1.89. The molecule has 144 valence electrons. The molecule has 1 aliphatic rings. The van der Waals surface area contributed by atoms with Gasteiger partial charge in [-0.25, -0.2) is 5.01 Å². The van der Waals surface area contributed by atoms with E-state index in [1.54, 1.807) is 13.4 Å². The highest BCUT2D eigenvalue weighted by Gasteiger charge is 2.34. The SMILES string of the molecule is COc1ccc(C2=NN(C(=O)CSc3nnc(C)s3)[C@H](c3ccco3)C2)cc1. The van der Waals surface area contributed by atoms with Gasteiger partial charge in [-0.1, -0.05) is 23.1 Å². The molecule has 3 aromatic rings. The largest absolute Gasteiger partial charge is 0.497 e. The Bertz CT molecular complexity index is 983. The average Bonchev–Trinajstić information content (AvgIpc) is 3.46. The van der Waals surface area contributed by atoms with Gasteiger partial charge in [0.2, 0.25) is 0 Å². The van der Waals surface area contributed by atoms with Crippen LogP contribution in [0.3, 0.4) is 0 Å². The molecule has 0 aliphatic carbocycles. The molecule has 28 heavy (non-hydrogen) atoms. The van der Waals surface area contributed by atoms with Gasteiger partial charge < -0.3 is 9.15 Å². The van der Waals surface area contributed by atoms with Gasteiger partial charge in [0.1, 0.15) is 22.6 Å². The lowest BCUT2D eigenvalue weighted by atomic mass is 10.0. The fourth-order valence-corrected chi connectivity index (χ4v) is 4.60. The second-order valence-electron chi connectivity index (χ2n) is 6.12. The fourth-order valence-electron chi connectivity index (χ4n) is 2.93. The topological polar surface area (TPSA) is 80.8 Å². The summed E-state index contributed by atoms with van der Waals surface area (Å²) in [5.74, 6) is 1.65. The van der Waals surface area contributed by atoms with E-state index in [-0.39, 0.29) is 17.7 Å². The van der Waals surface area contributed by atoms with Crippen LogP contribution in [0.15, 0.2) is 56.5 Å². The molecular weight excluding hydrogens is 396 g/mol. The summed E-state index contributed by atoms with van der Waals surface area (Å²) < 4.78 is 11.6. The number of ether oxygens (including phenoxy) is 1. The Morgan fingerprint density at radius 3 is 2.79 bits per heavy atom. The van der Waals surface area contributed by atoms with E-state index in [0.29, 0.717) is 6.42 Å². The lowest BCUT2D eigenvalue weighted by Crippen LogP contribution is -2.28. The highest BCUT2D eigenvalue weighted by molar-refractivity contribution is 8.01. The number of hydrogen-bond acceptors (Lipinski definition) is 8. The zero-order chi connectivity index (χ0) is 19.5. The third kappa shape index (κ3) is 3.95. The molecule has 0 N–H and O–H groups in total. The average molecular weight is 415 g/mol. The first kappa shape index (κ1) is 18.7. The Kier molecular flexibility index (Phi) is 5.45. The number of carbonyl (C=O) groups excluding carboxylic acids is 1. The van der Waals surface area contributed by atoms with Crippen molar-refractivity contribution in [3.63, 3.8) is 0 Å². The molecule has 0 radical (unpaired) electrons. The molecule has 9 heteroatoms.